The fourth-order valence-corrected chi connectivity index (χ4v) is 5.22. The summed E-state index contributed by atoms with van der Waals surface area (Å²) in [7, 11) is -3.54. The molecule has 1 atom stereocenters. The lowest BCUT2D eigenvalue weighted by molar-refractivity contribution is -0.115. The van der Waals surface area contributed by atoms with E-state index in [0.717, 1.165) is 22.9 Å². The first-order valence-corrected chi connectivity index (χ1v) is 13.1. The fourth-order valence-electron chi connectivity index (χ4n) is 3.57. The number of halogens is 1. The summed E-state index contributed by atoms with van der Waals surface area (Å²) < 4.78 is 42.9. The third-order valence-corrected chi connectivity index (χ3v) is 7.05. The predicted octanol–water partition coefficient (Wildman–Crippen LogP) is 4.31. The number of carbonyl (C=O) groups is 2. The number of fused-ring (bicyclic) bond motifs is 1. The number of aromatic nitrogens is 1. The molecular formula is C22H28FN3O5S2. The second kappa shape index (κ2) is 9.02. The van der Waals surface area contributed by atoms with Crippen molar-refractivity contribution in [2.75, 3.05) is 11.6 Å². The molecule has 2 heterocycles. The van der Waals surface area contributed by atoms with Crippen LogP contribution in [0.1, 0.15) is 56.8 Å². The van der Waals surface area contributed by atoms with Crippen LogP contribution in [0.25, 0.3) is 0 Å². The highest BCUT2D eigenvalue weighted by Crippen LogP contribution is 2.43. The van der Waals surface area contributed by atoms with Gasteiger partial charge in [0.2, 0.25) is 5.91 Å². The second-order valence-electron chi connectivity index (χ2n) is 9.37. The number of anilines is 1. The number of benzene rings is 1. The standard InChI is InChI=1S/C22H28FN3O5S2/c1-12(2)19-18-16(11-26(19)21(28)31-22(3,4)5)32-20(25-18)24-17(27)9-13-7-8-14(10-15(13)23)33(6,29)30/h7-8,10,12,19H,9,11H2,1-6H3,(H,24,25,27)/t19-/m0/s1. The molecule has 1 N–H and O–H groups in total. The molecule has 0 saturated heterocycles. The summed E-state index contributed by atoms with van der Waals surface area (Å²) in [6.45, 7) is 9.73. The van der Waals surface area contributed by atoms with Crippen molar-refractivity contribution in [2.24, 2.45) is 5.92 Å². The fraction of sp³-hybridized carbons (Fsp3) is 0.500. The van der Waals surface area contributed by atoms with E-state index < -0.39 is 33.3 Å². The molecule has 0 fully saturated rings. The Balaban J connectivity index is 1.72. The van der Waals surface area contributed by atoms with Crippen LogP contribution < -0.4 is 5.32 Å². The third kappa shape index (κ3) is 5.89. The maximum atomic E-state index is 14.3. The molecule has 0 spiro atoms. The Hall–Kier alpha value is -2.53. The van der Waals surface area contributed by atoms with Crippen LogP contribution in [0.3, 0.4) is 0 Å². The number of ether oxygens (including phenoxy) is 1. The highest BCUT2D eigenvalue weighted by atomic mass is 32.2. The minimum absolute atomic E-state index is 0.0758. The lowest BCUT2D eigenvalue weighted by Gasteiger charge is -2.30. The van der Waals surface area contributed by atoms with Gasteiger partial charge in [0.1, 0.15) is 11.4 Å². The van der Waals surface area contributed by atoms with Gasteiger partial charge in [0.25, 0.3) is 0 Å². The van der Waals surface area contributed by atoms with E-state index in [0.29, 0.717) is 11.7 Å². The number of nitrogens with one attached hydrogen (secondary N) is 1. The molecule has 1 aromatic heterocycles. The van der Waals surface area contributed by atoms with Crippen LogP contribution in [0.5, 0.6) is 0 Å². The molecule has 33 heavy (non-hydrogen) atoms. The van der Waals surface area contributed by atoms with Crippen LogP contribution >= 0.6 is 11.3 Å². The Morgan fingerprint density at radius 2 is 2.00 bits per heavy atom. The average Bonchev–Trinajstić information content (AvgIpc) is 3.17. The molecule has 2 aromatic rings. The second-order valence-corrected chi connectivity index (χ2v) is 12.5. The van der Waals surface area contributed by atoms with Crippen LogP contribution in [0.15, 0.2) is 23.1 Å². The number of hydrogen-bond acceptors (Lipinski definition) is 7. The summed E-state index contributed by atoms with van der Waals surface area (Å²) in [5.74, 6) is -1.16. The molecule has 2 amide bonds. The van der Waals surface area contributed by atoms with Gasteiger partial charge in [-0.3, -0.25) is 9.69 Å². The van der Waals surface area contributed by atoms with Gasteiger partial charge in [0.05, 0.1) is 34.5 Å². The van der Waals surface area contributed by atoms with Crippen molar-refractivity contribution in [3.05, 3.63) is 40.2 Å². The van der Waals surface area contributed by atoms with Crippen molar-refractivity contribution < 1.29 is 27.1 Å². The minimum atomic E-state index is -3.54. The number of sulfone groups is 1. The van der Waals surface area contributed by atoms with Crippen LogP contribution in [0.2, 0.25) is 0 Å². The Labute approximate surface area is 197 Å². The molecule has 0 aliphatic carbocycles. The van der Waals surface area contributed by atoms with E-state index in [1.165, 1.54) is 23.5 Å². The number of rotatable bonds is 5. The maximum absolute atomic E-state index is 14.3. The van der Waals surface area contributed by atoms with E-state index in [-0.39, 0.29) is 28.8 Å². The van der Waals surface area contributed by atoms with Crippen molar-refractivity contribution in [2.45, 2.75) is 64.1 Å². The van der Waals surface area contributed by atoms with Crippen molar-refractivity contribution >= 4 is 38.3 Å². The highest BCUT2D eigenvalue weighted by molar-refractivity contribution is 7.90. The van der Waals surface area contributed by atoms with Gasteiger partial charge in [-0.05, 0) is 44.4 Å². The van der Waals surface area contributed by atoms with E-state index in [9.17, 15) is 22.4 Å². The summed E-state index contributed by atoms with van der Waals surface area (Å²) in [5.41, 5.74) is 0.190. The lowest BCUT2D eigenvalue weighted by atomic mass is 10.0. The molecule has 180 valence electrons. The van der Waals surface area contributed by atoms with Crippen LogP contribution in [-0.2, 0) is 32.3 Å². The molecule has 0 saturated carbocycles. The number of carbonyl (C=O) groups excluding carboxylic acids is 2. The number of hydrogen-bond donors (Lipinski definition) is 1. The normalized spacial score (nSPS) is 16.1. The molecule has 0 bridgehead atoms. The zero-order valence-electron chi connectivity index (χ0n) is 19.4. The zero-order chi connectivity index (χ0) is 24.7. The monoisotopic (exact) mass is 497 g/mol. The number of amides is 2. The molecule has 1 aromatic carbocycles. The first-order chi connectivity index (χ1) is 15.2. The lowest BCUT2D eigenvalue weighted by Crippen LogP contribution is -2.37. The Kier molecular flexibility index (Phi) is 6.86. The van der Waals surface area contributed by atoms with Crippen LogP contribution in [0, 0.1) is 11.7 Å². The van der Waals surface area contributed by atoms with E-state index in [1.807, 2.05) is 34.6 Å². The molecule has 1 aliphatic heterocycles. The smallest absolute Gasteiger partial charge is 0.411 e. The molecule has 0 unspecified atom stereocenters. The van der Waals surface area contributed by atoms with Crippen LogP contribution in [-0.4, -0.2) is 42.2 Å². The molecule has 1 aliphatic rings. The van der Waals surface area contributed by atoms with Gasteiger partial charge in [-0.15, -0.1) is 0 Å². The summed E-state index contributed by atoms with van der Waals surface area (Å²) in [5, 5.41) is 3.05. The largest absolute Gasteiger partial charge is 0.444 e. The number of nitrogens with zero attached hydrogens (tertiary/aromatic N) is 2. The third-order valence-electron chi connectivity index (χ3n) is 4.97. The number of thiazole rings is 1. The first kappa shape index (κ1) is 25.1. The van der Waals surface area contributed by atoms with Crippen molar-refractivity contribution in [1.82, 2.24) is 9.88 Å². The van der Waals surface area contributed by atoms with Crippen molar-refractivity contribution in [3.63, 3.8) is 0 Å². The summed E-state index contributed by atoms with van der Waals surface area (Å²) in [6, 6.07) is 3.20. The Bertz CT molecular complexity index is 1190. The van der Waals surface area contributed by atoms with Gasteiger partial charge < -0.3 is 10.1 Å². The summed E-state index contributed by atoms with van der Waals surface area (Å²) in [6.07, 6.45) is 0.312. The van der Waals surface area contributed by atoms with E-state index in [2.05, 4.69) is 10.3 Å². The summed E-state index contributed by atoms with van der Waals surface area (Å²) >= 11 is 1.27. The molecular weight excluding hydrogens is 469 g/mol. The molecule has 11 heteroatoms. The predicted molar refractivity (Wildman–Crippen MR) is 123 cm³/mol. The minimum Gasteiger partial charge on any atom is -0.444 e. The maximum Gasteiger partial charge on any atom is 0.411 e. The molecule has 3 rings (SSSR count). The van der Waals surface area contributed by atoms with Gasteiger partial charge >= 0.3 is 6.09 Å². The van der Waals surface area contributed by atoms with Gasteiger partial charge in [-0.25, -0.2) is 22.6 Å². The SMILES string of the molecule is CC(C)[C@H]1c2nc(NC(=O)Cc3ccc(S(C)(=O)=O)cc3F)sc2CN1C(=O)OC(C)(C)C. The Morgan fingerprint density at radius 1 is 1.33 bits per heavy atom. The van der Waals surface area contributed by atoms with E-state index in [4.69, 9.17) is 4.74 Å². The molecule has 8 nitrogen and oxygen atoms in total. The van der Waals surface area contributed by atoms with Gasteiger partial charge in [-0.1, -0.05) is 31.3 Å². The first-order valence-electron chi connectivity index (χ1n) is 10.4. The topological polar surface area (TPSA) is 106 Å². The average molecular weight is 498 g/mol. The molecule has 0 radical (unpaired) electrons. The van der Waals surface area contributed by atoms with E-state index in [1.54, 1.807) is 4.90 Å². The highest BCUT2D eigenvalue weighted by Gasteiger charge is 2.40. The van der Waals surface area contributed by atoms with Gasteiger partial charge in [0, 0.05) is 6.26 Å². The van der Waals surface area contributed by atoms with Crippen molar-refractivity contribution in [3.8, 4) is 0 Å². The van der Waals surface area contributed by atoms with Gasteiger partial charge in [-0.2, -0.15) is 0 Å². The Morgan fingerprint density at radius 3 is 2.55 bits per heavy atom. The zero-order valence-corrected chi connectivity index (χ0v) is 21.1. The quantitative estimate of drug-likeness (QED) is 0.660. The van der Waals surface area contributed by atoms with E-state index >= 15 is 0 Å². The van der Waals surface area contributed by atoms with Gasteiger partial charge in [0.15, 0.2) is 15.0 Å². The van der Waals surface area contributed by atoms with Crippen LogP contribution in [0.4, 0.5) is 14.3 Å². The summed E-state index contributed by atoms with van der Waals surface area (Å²) in [4.78, 5) is 32.0. The van der Waals surface area contributed by atoms with Crippen molar-refractivity contribution in [1.29, 1.82) is 0 Å².